The van der Waals surface area contributed by atoms with Gasteiger partial charge >= 0.3 is 0 Å². The number of hydrogen-bond donors (Lipinski definition) is 0. The van der Waals surface area contributed by atoms with E-state index >= 15 is 0 Å². The van der Waals surface area contributed by atoms with Crippen LogP contribution in [-0.2, 0) is 0 Å². The van der Waals surface area contributed by atoms with Gasteiger partial charge in [-0.25, -0.2) is 9.53 Å². The number of amides is 1. The number of halogens is 1. The van der Waals surface area contributed by atoms with Gasteiger partial charge in [-0.3, -0.25) is 9.69 Å². The van der Waals surface area contributed by atoms with Crippen LogP contribution in [0.25, 0.3) is 10.5 Å². The summed E-state index contributed by atoms with van der Waals surface area (Å²) in [6.07, 6.45) is 0. The number of nitriles is 1. The molecule has 0 radical (unpaired) electrons. The number of aryl methyl sites for hydroxylation is 2. The van der Waals surface area contributed by atoms with E-state index in [2.05, 4.69) is 24.8 Å². The van der Waals surface area contributed by atoms with Crippen molar-refractivity contribution in [3.63, 3.8) is 0 Å². The van der Waals surface area contributed by atoms with Crippen molar-refractivity contribution in [1.82, 2.24) is 9.78 Å². The van der Waals surface area contributed by atoms with E-state index in [0.29, 0.717) is 39.1 Å². The van der Waals surface area contributed by atoms with Gasteiger partial charge in [0.2, 0.25) is 0 Å². The molecule has 0 spiro atoms. The summed E-state index contributed by atoms with van der Waals surface area (Å²) in [7, 11) is 1.57. The molecule has 5 rings (SSSR count). The van der Waals surface area contributed by atoms with Crippen molar-refractivity contribution >= 4 is 28.9 Å². The van der Waals surface area contributed by atoms with Gasteiger partial charge in [-0.1, -0.05) is 55.3 Å². The number of rotatable bonds is 5. The third kappa shape index (κ3) is 4.22. The normalized spacial score (nSPS) is 14.3. The highest BCUT2D eigenvalue weighted by molar-refractivity contribution is 6.31. The maximum absolute atomic E-state index is 14.3. The van der Waals surface area contributed by atoms with Crippen LogP contribution in [0, 0.1) is 31.8 Å². The summed E-state index contributed by atoms with van der Waals surface area (Å²) in [6, 6.07) is 17.9. The Bertz CT molecular complexity index is 1720. The molecule has 1 atom stereocenters. The first-order valence-electron chi connectivity index (χ1n) is 12.5. The number of benzene rings is 3. The van der Waals surface area contributed by atoms with Gasteiger partial charge in [0.05, 0.1) is 37.1 Å². The number of carbonyl (C=O) groups excluding carboxylic acids is 1. The molecule has 39 heavy (non-hydrogen) atoms. The summed E-state index contributed by atoms with van der Waals surface area (Å²) in [4.78, 5) is 19.6. The van der Waals surface area contributed by atoms with Crippen LogP contribution in [0.2, 0.25) is 5.02 Å². The number of anilines is 1. The van der Waals surface area contributed by atoms with Crippen molar-refractivity contribution in [2.24, 2.45) is 0 Å². The van der Waals surface area contributed by atoms with Crippen LogP contribution in [0.5, 0.6) is 5.75 Å². The molecule has 0 saturated heterocycles. The van der Waals surface area contributed by atoms with Crippen molar-refractivity contribution in [3.05, 3.63) is 110 Å². The van der Waals surface area contributed by atoms with Crippen molar-refractivity contribution in [2.75, 3.05) is 12.0 Å². The van der Waals surface area contributed by atoms with Gasteiger partial charge in [-0.15, -0.1) is 0 Å². The second-order valence-corrected chi connectivity index (χ2v) is 10.3. The van der Waals surface area contributed by atoms with Crippen LogP contribution < -0.4 is 9.64 Å². The first kappa shape index (κ1) is 26.0. The lowest BCUT2D eigenvalue weighted by Crippen LogP contribution is -2.31. The molecule has 1 amide bonds. The van der Waals surface area contributed by atoms with Crippen LogP contribution in [0.1, 0.15) is 69.8 Å². The highest BCUT2D eigenvalue weighted by Crippen LogP contribution is 2.48. The predicted octanol–water partition coefficient (Wildman–Crippen LogP) is 7.45. The number of carbonyl (C=O) groups is 1. The lowest BCUT2D eigenvalue weighted by Gasteiger charge is -2.30. The quantitative estimate of drug-likeness (QED) is 0.249. The topological polar surface area (TPSA) is 75.5 Å². The van der Waals surface area contributed by atoms with Crippen molar-refractivity contribution < 1.29 is 9.53 Å². The van der Waals surface area contributed by atoms with Gasteiger partial charge in [0.15, 0.2) is 11.4 Å². The second kappa shape index (κ2) is 9.94. The van der Waals surface area contributed by atoms with Crippen LogP contribution in [-0.4, -0.2) is 22.8 Å². The fourth-order valence-electron chi connectivity index (χ4n) is 5.32. The Morgan fingerprint density at radius 1 is 1.08 bits per heavy atom. The Morgan fingerprint density at radius 3 is 2.49 bits per heavy atom. The number of fused-ring (bicyclic) bond motifs is 1. The van der Waals surface area contributed by atoms with Crippen molar-refractivity contribution in [1.29, 1.82) is 5.26 Å². The highest BCUT2D eigenvalue weighted by Gasteiger charge is 2.46. The molecule has 194 valence electrons. The molecule has 1 unspecified atom stereocenters. The zero-order valence-electron chi connectivity index (χ0n) is 22.3. The summed E-state index contributed by atoms with van der Waals surface area (Å²) in [5.74, 6) is 0.265. The average molecular weight is 536 g/mol. The SMILES string of the molecule is [C-]#[N+]c1ccc(C2c3c(nn(-c4cc(C#N)ccc4OC)c3C(C)C)C(=O)N2c2cc(Cl)ccc2C)c(C)c1. The molecule has 0 fully saturated rings. The molecule has 8 heteroatoms. The summed E-state index contributed by atoms with van der Waals surface area (Å²) in [6.45, 7) is 15.5. The minimum absolute atomic E-state index is 0.0322. The standard InChI is InChI=1S/C31H26ClN5O2/c1-17(2)29-27-28(35-37(29)25-14-20(16-33)8-12-26(25)39-6)31(38)36(24-15-21(32)9-7-18(24)3)30(27)23-11-10-22(34-5)13-19(23)4/h7-15,17,30H,1-4,6H3. The molecule has 1 aliphatic rings. The number of ether oxygens (including phenoxy) is 1. The fraction of sp³-hybridized carbons (Fsp3) is 0.226. The van der Waals surface area contributed by atoms with Crippen LogP contribution in [0.3, 0.4) is 0 Å². The Labute approximate surface area is 232 Å². The molecule has 4 aromatic rings. The Hall–Kier alpha value is -4.59. The van der Waals surface area contributed by atoms with Crippen LogP contribution >= 0.6 is 11.6 Å². The lowest BCUT2D eigenvalue weighted by atomic mass is 9.91. The zero-order valence-corrected chi connectivity index (χ0v) is 23.0. The molecular weight excluding hydrogens is 510 g/mol. The van der Waals surface area contributed by atoms with E-state index < -0.39 is 6.04 Å². The third-order valence-corrected chi connectivity index (χ3v) is 7.34. The highest BCUT2D eigenvalue weighted by atomic mass is 35.5. The first-order chi connectivity index (χ1) is 18.7. The van der Waals surface area contributed by atoms with E-state index in [1.807, 2.05) is 32.0 Å². The largest absolute Gasteiger partial charge is 0.494 e. The van der Waals surface area contributed by atoms with Crippen molar-refractivity contribution in [3.8, 4) is 17.5 Å². The molecule has 7 nitrogen and oxygen atoms in total. The Morgan fingerprint density at radius 2 is 1.85 bits per heavy atom. The Kier molecular flexibility index (Phi) is 6.64. The zero-order chi connectivity index (χ0) is 28.0. The van der Waals surface area contributed by atoms with E-state index in [1.54, 1.807) is 53.1 Å². The minimum atomic E-state index is -0.499. The van der Waals surface area contributed by atoms with Gasteiger partial charge in [0, 0.05) is 16.3 Å². The Balaban J connectivity index is 1.84. The predicted molar refractivity (Wildman–Crippen MR) is 151 cm³/mol. The van der Waals surface area contributed by atoms with E-state index in [9.17, 15) is 10.1 Å². The monoisotopic (exact) mass is 535 g/mol. The van der Waals surface area contributed by atoms with Gasteiger partial charge < -0.3 is 4.74 Å². The van der Waals surface area contributed by atoms with Crippen LogP contribution in [0.4, 0.5) is 11.4 Å². The number of nitrogens with zero attached hydrogens (tertiary/aromatic N) is 5. The van der Waals surface area contributed by atoms with E-state index in [1.165, 1.54) is 0 Å². The molecule has 1 aliphatic heterocycles. The van der Waals surface area contributed by atoms with Gasteiger partial charge in [-0.2, -0.15) is 10.4 Å². The third-order valence-electron chi connectivity index (χ3n) is 7.10. The molecular formula is C31H26ClN5O2. The van der Waals surface area contributed by atoms with Gasteiger partial charge in [-0.05, 0) is 61.2 Å². The molecule has 1 aromatic heterocycles. The van der Waals surface area contributed by atoms with Gasteiger partial charge in [0.25, 0.3) is 5.91 Å². The molecule has 0 saturated carbocycles. The molecule has 0 aliphatic carbocycles. The van der Waals surface area contributed by atoms with E-state index in [0.717, 1.165) is 27.9 Å². The smallest absolute Gasteiger partial charge is 0.280 e. The summed E-state index contributed by atoms with van der Waals surface area (Å²) in [5, 5.41) is 15.0. The molecule has 2 heterocycles. The maximum Gasteiger partial charge on any atom is 0.280 e. The average Bonchev–Trinajstić information content (AvgIpc) is 3.44. The fourth-order valence-corrected chi connectivity index (χ4v) is 5.48. The van der Waals surface area contributed by atoms with E-state index in [-0.39, 0.29) is 11.8 Å². The molecule has 3 aromatic carbocycles. The van der Waals surface area contributed by atoms with Crippen LogP contribution in [0.15, 0.2) is 54.6 Å². The summed E-state index contributed by atoms with van der Waals surface area (Å²) in [5.41, 5.74) is 6.94. The lowest BCUT2D eigenvalue weighted by molar-refractivity contribution is 0.0988. The number of aromatic nitrogens is 2. The molecule has 0 bridgehead atoms. The first-order valence-corrected chi connectivity index (χ1v) is 12.9. The second-order valence-electron chi connectivity index (χ2n) is 9.87. The summed E-state index contributed by atoms with van der Waals surface area (Å²) >= 11 is 6.41. The van der Waals surface area contributed by atoms with Gasteiger partial charge in [0.1, 0.15) is 11.4 Å². The van der Waals surface area contributed by atoms with Crippen molar-refractivity contribution in [2.45, 2.75) is 39.7 Å². The minimum Gasteiger partial charge on any atom is -0.494 e. The number of hydrogen-bond acceptors (Lipinski definition) is 4. The van der Waals surface area contributed by atoms with E-state index in [4.69, 9.17) is 28.0 Å². The summed E-state index contributed by atoms with van der Waals surface area (Å²) < 4.78 is 7.37. The number of methoxy groups -OCH3 is 1. The molecule has 0 N–H and O–H groups in total. The maximum atomic E-state index is 14.3.